The molecule has 11 heteroatoms. The first-order chi connectivity index (χ1) is 19.4. The fourth-order valence-corrected chi connectivity index (χ4v) is 5.64. The van der Waals surface area contributed by atoms with Crippen LogP contribution in [0, 0.1) is 17.1 Å². The van der Waals surface area contributed by atoms with Gasteiger partial charge in [0.25, 0.3) is 5.56 Å². The molecule has 1 saturated carbocycles. The van der Waals surface area contributed by atoms with E-state index in [4.69, 9.17) is 14.2 Å². The smallest absolute Gasteiger partial charge is 0.252 e. The summed E-state index contributed by atoms with van der Waals surface area (Å²) in [6, 6.07) is 12.8. The molecule has 0 amide bonds. The van der Waals surface area contributed by atoms with Crippen molar-refractivity contribution in [3.05, 3.63) is 81.6 Å². The summed E-state index contributed by atoms with van der Waals surface area (Å²) in [5, 5.41) is 13.8. The van der Waals surface area contributed by atoms with Crippen molar-refractivity contribution in [2.45, 2.75) is 43.8 Å². The first kappa shape index (κ1) is 26.1. The second-order valence-electron chi connectivity index (χ2n) is 10.6. The molecule has 1 unspecified atom stereocenters. The van der Waals surface area contributed by atoms with E-state index in [1.165, 1.54) is 16.7 Å². The van der Waals surface area contributed by atoms with Crippen molar-refractivity contribution in [1.82, 2.24) is 24.6 Å². The van der Waals surface area contributed by atoms with Crippen LogP contribution in [-0.2, 0) is 11.8 Å². The van der Waals surface area contributed by atoms with Crippen molar-refractivity contribution in [2.24, 2.45) is 7.05 Å². The van der Waals surface area contributed by atoms with Gasteiger partial charge in [-0.05, 0) is 49.6 Å². The molecule has 1 saturated heterocycles. The number of ether oxygens (including phenoxy) is 1. The van der Waals surface area contributed by atoms with Gasteiger partial charge in [-0.3, -0.25) is 9.69 Å². The first-order valence-corrected chi connectivity index (χ1v) is 13.4. The molecule has 206 valence electrons. The molecule has 0 bridgehead atoms. The van der Waals surface area contributed by atoms with Crippen molar-refractivity contribution in [1.29, 1.82) is 5.26 Å². The maximum atomic E-state index is 13.9. The van der Waals surface area contributed by atoms with Gasteiger partial charge in [0, 0.05) is 45.3 Å². The maximum Gasteiger partial charge on any atom is 0.252 e. The largest absolute Gasteiger partial charge is 0.383 e. The summed E-state index contributed by atoms with van der Waals surface area (Å²) in [7, 11) is 3.35. The van der Waals surface area contributed by atoms with Crippen LogP contribution in [0.4, 0.5) is 10.1 Å². The molecule has 3 aromatic heterocycles. The third kappa shape index (κ3) is 4.74. The molecule has 2 fully saturated rings. The van der Waals surface area contributed by atoms with Crippen LogP contribution in [-0.4, -0.2) is 63.5 Å². The summed E-state index contributed by atoms with van der Waals surface area (Å²) in [6.45, 7) is 3.55. The molecule has 4 heterocycles. The highest BCUT2D eigenvalue weighted by Crippen LogP contribution is 2.40. The number of benzene rings is 1. The van der Waals surface area contributed by atoms with E-state index in [1.54, 1.807) is 44.5 Å². The topological polar surface area (TPSA) is 113 Å². The summed E-state index contributed by atoms with van der Waals surface area (Å²) >= 11 is 0. The zero-order valence-corrected chi connectivity index (χ0v) is 22.6. The van der Waals surface area contributed by atoms with Gasteiger partial charge in [-0.25, -0.2) is 9.37 Å². The van der Waals surface area contributed by atoms with Crippen LogP contribution in [0.3, 0.4) is 0 Å². The van der Waals surface area contributed by atoms with Crippen molar-refractivity contribution in [3.8, 4) is 6.07 Å². The average Bonchev–Trinajstić information content (AvgIpc) is 3.70. The van der Waals surface area contributed by atoms with Crippen molar-refractivity contribution >= 4 is 16.7 Å². The molecule has 10 nitrogen and oxygen atoms in total. The molecular formula is C29H30FN7O3. The quantitative estimate of drug-likeness (QED) is 0.345. The molecule has 6 rings (SSSR count). The van der Waals surface area contributed by atoms with Crippen molar-refractivity contribution < 1.29 is 13.7 Å². The van der Waals surface area contributed by atoms with E-state index in [-0.39, 0.29) is 29.2 Å². The zero-order chi connectivity index (χ0) is 28.0. The number of fused-ring (bicyclic) bond motifs is 1. The number of piperazine rings is 1. The molecular weight excluding hydrogens is 513 g/mol. The third-order valence-corrected chi connectivity index (χ3v) is 7.89. The molecule has 0 N–H and O–H groups in total. The lowest BCUT2D eigenvalue weighted by atomic mass is 9.98. The van der Waals surface area contributed by atoms with E-state index in [1.807, 2.05) is 0 Å². The second-order valence-corrected chi connectivity index (χ2v) is 10.6. The van der Waals surface area contributed by atoms with E-state index in [0.29, 0.717) is 54.1 Å². The van der Waals surface area contributed by atoms with Gasteiger partial charge in [0.2, 0.25) is 5.89 Å². The van der Waals surface area contributed by atoms with Crippen LogP contribution in [0.1, 0.15) is 54.7 Å². The summed E-state index contributed by atoms with van der Waals surface area (Å²) < 4.78 is 26.9. The Labute approximate surface area is 230 Å². The number of nitrogens with zero attached hydrogens (tertiary/aromatic N) is 7. The molecule has 3 atom stereocenters. The van der Waals surface area contributed by atoms with Gasteiger partial charge in [-0.2, -0.15) is 10.2 Å². The molecule has 40 heavy (non-hydrogen) atoms. The molecule has 0 spiro atoms. The van der Waals surface area contributed by atoms with Gasteiger partial charge in [0.05, 0.1) is 23.9 Å². The van der Waals surface area contributed by atoms with Crippen molar-refractivity contribution in [2.75, 3.05) is 31.7 Å². The Hall–Kier alpha value is -4.14. The van der Waals surface area contributed by atoms with E-state index in [2.05, 4.69) is 32.9 Å². The predicted octanol–water partition coefficient (Wildman–Crippen LogP) is 3.52. The minimum absolute atomic E-state index is 0.0651. The second kappa shape index (κ2) is 10.4. The zero-order valence-electron chi connectivity index (χ0n) is 22.6. The minimum atomic E-state index is -0.408. The first-order valence-electron chi connectivity index (χ1n) is 13.4. The Bertz CT molecular complexity index is 1640. The minimum Gasteiger partial charge on any atom is -0.383 e. The predicted molar refractivity (Wildman–Crippen MR) is 145 cm³/mol. The van der Waals surface area contributed by atoms with Gasteiger partial charge in [0.15, 0.2) is 5.82 Å². The van der Waals surface area contributed by atoms with Crippen LogP contribution >= 0.6 is 0 Å². The van der Waals surface area contributed by atoms with Gasteiger partial charge < -0.3 is 18.7 Å². The van der Waals surface area contributed by atoms with Gasteiger partial charge in [-0.1, -0.05) is 17.3 Å². The van der Waals surface area contributed by atoms with Gasteiger partial charge in [-0.15, -0.1) is 0 Å². The number of aromatic nitrogens is 4. The standard InChI is InChI=1S/C29H30FN7O3/c1-17-14-37(27(18-6-8-20(30)9-7-18)29-33-28(34-40-29)19-4-5-19)22(16-39-3)15-36(17)24-12-25(38)35(2)23-11-10-21(13-31)32-26(23)24/h6-12,17,19,22,27H,4-5,14-16H2,1-3H3/t17-,22-,27?/m0/s1. The monoisotopic (exact) mass is 543 g/mol. The Morgan fingerprint density at radius 3 is 2.65 bits per heavy atom. The van der Waals surface area contributed by atoms with Crippen LogP contribution in [0.25, 0.3) is 11.0 Å². The van der Waals surface area contributed by atoms with Crippen molar-refractivity contribution in [3.63, 3.8) is 0 Å². The molecule has 1 aliphatic heterocycles. The van der Waals surface area contributed by atoms with Crippen LogP contribution in [0.2, 0.25) is 0 Å². The summed E-state index contributed by atoms with van der Waals surface area (Å²) in [4.78, 5) is 26.7. The van der Waals surface area contributed by atoms with E-state index in [9.17, 15) is 14.4 Å². The highest BCUT2D eigenvalue weighted by atomic mass is 19.1. The Morgan fingerprint density at radius 1 is 1.18 bits per heavy atom. The number of rotatable bonds is 7. The summed E-state index contributed by atoms with van der Waals surface area (Å²) in [6.07, 6.45) is 2.10. The maximum absolute atomic E-state index is 13.9. The number of aryl methyl sites for hydroxylation is 1. The summed E-state index contributed by atoms with van der Waals surface area (Å²) in [5.41, 5.74) is 2.89. The van der Waals surface area contributed by atoms with Gasteiger partial charge >= 0.3 is 0 Å². The van der Waals surface area contributed by atoms with Crippen LogP contribution < -0.4 is 10.5 Å². The van der Waals surface area contributed by atoms with Crippen LogP contribution in [0.15, 0.2) is 51.8 Å². The normalized spacial score (nSPS) is 20.5. The van der Waals surface area contributed by atoms with Crippen LogP contribution in [0.5, 0.6) is 0 Å². The Kier molecular flexibility index (Phi) is 6.82. The van der Waals surface area contributed by atoms with E-state index >= 15 is 0 Å². The number of hydrogen-bond donors (Lipinski definition) is 0. The summed E-state index contributed by atoms with van der Waals surface area (Å²) in [5.74, 6) is 1.19. The molecule has 2 aliphatic rings. The molecule has 4 aromatic rings. The number of anilines is 1. The highest BCUT2D eigenvalue weighted by molar-refractivity contribution is 5.89. The number of methoxy groups -OCH3 is 1. The molecule has 1 aliphatic carbocycles. The lowest BCUT2D eigenvalue weighted by Crippen LogP contribution is -2.60. The SMILES string of the molecule is COC[C@@H]1CN(c2cc(=O)n(C)c3ccc(C#N)nc23)[C@@H](C)CN1C(c1ccc(F)cc1)c1nc(C2CC2)no1. The molecule has 0 radical (unpaired) electrons. The number of hydrogen-bond acceptors (Lipinski definition) is 9. The Morgan fingerprint density at radius 2 is 1.95 bits per heavy atom. The lowest BCUT2D eigenvalue weighted by Gasteiger charge is -2.48. The number of nitriles is 1. The average molecular weight is 544 g/mol. The lowest BCUT2D eigenvalue weighted by molar-refractivity contribution is 0.0431. The van der Waals surface area contributed by atoms with E-state index < -0.39 is 6.04 Å². The third-order valence-electron chi connectivity index (χ3n) is 7.89. The highest BCUT2D eigenvalue weighted by Gasteiger charge is 2.41. The van der Waals surface area contributed by atoms with Gasteiger partial charge in [0.1, 0.15) is 29.1 Å². The Balaban J connectivity index is 1.42. The van der Waals surface area contributed by atoms with E-state index in [0.717, 1.165) is 18.4 Å². The number of pyridine rings is 2. The fourth-order valence-electron chi connectivity index (χ4n) is 5.64. The number of halogens is 1. The molecule has 1 aromatic carbocycles. The fraction of sp³-hybridized carbons (Fsp3) is 0.414.